The number of carbonyl (C=O) groups is 1. The molecule has 2 aliphatic rings. The molecule has 1 aliphatic carbocycles. The molecule has 3 nitrogen and oxygen atoms in total. The minimum Gasteiger partial charge on any atom is -0.342 e. The van der Waals surface area contributed by atoms with E-state index in [1.807, 2.05) is 0 Å². The van der Waals surface area contributed by atoms with Gasteiger partial charge in [0, 0.05) is 25.6 Å². The molecule has 2 N–H and O–H groups in total. The van der Waals surface area contributed by atoms with Crippen LogP contribution in [0.2, 0.25) is 0 Å². The normalized spacial score (nSPS) is 37.6. The molecule has 0 aromatic heterocycles. The number of hydrogen-bond acceptors (Lipinski definition) is 2. The maximum absolute atomic E-state index is 12.4. The molecule has 3 heteroatoms. The highest BCUT2D eigenvalue weighted by Gasteiger charge is 2.29. The minimum absolute atomic E-state index is 0.252. The third-order valence-electron chi connectivity index (χ3n) is 4.63. The van der Waals surface area contributed by atoms with Gasteiger partial charge in [0.05, 0.1) is 0 Å². The molecule has 18 heavy (non-hydrogen) atoms. The summed E-state index contributed by atoms with van der Waals surface area (Å²) in [6.45, 7) is 6.40. The quantitative estimate of drug-likeness (QED) is 0.820. The lowest BCUT2D eigenvalue weighted by Crippen LogP contribution is -2.45. The lowest BCUT2D eigenvalue weighted by Gasteiger charge is -2.37. The fourth-order valence-corrected chi connectivity index (χ4v) is 3.71. The molecule has 4 unspecified atom stereocenters. The van der Waals surface area contributed by atoms with Crippen LogP contribution in [0.25, 0.3) is 0 Å². The van der Waals surface area contributed by atoms with Gasteiger partial charge in [0.1, 0.15) is 0 Å². The van der Waals surface area contributed by atoms with E-state index in [1.165, 1.54) is 19.3 Å². The predicted molar refractivity (Wildman–Crippen MR) is 74.1 cm³/mol. The maximum Gasteiger partial charge on any atom is 0.222 e. The molecule has 1 saturated heterocycles. The van der Waals surface area contributed by atoms with E-state index in [1.54, 1.807) is 0 Å². The number of rotatable bonds is 2. The molecule has 4 atom stereocenters. The third kappa shape index (κ3) is 3.47. The van der Waals surface area contributed by atoms with Crippen LogP contribution in [0.15, 0.2) is 0 Å². The van der Waals surface area contributed by atoms with E-state index in [0.717, 1.165) is 25.9 Å². The zero-order valence-corrected chi connectivity index (χ0v) is 11.9. The number of piperidine rings is 1. The molecule has 2 fully saturated rings. The first kappa shape index (κ1) is 13.9. The Morgan fingerprint density at radius 1 is 1.17 bits per heavy atom. The van der Waals surface area contributed by atoms with Gasteiger partial charge in [-0.15, -0.1) is 0 Å². The van der Waals surface area contributed by atoms with Gasteiger partial charge in [0.25, 0.3) is 0 Å². The van der Waals surface area contributed by atoms with Crippen LogP contribution < -0.4 is 5.73 Å². The van der Waals surface area contributed by atoms with Crippen molar-refractivity contribution in [3.8, 4) is 0 Å². The second-order valence-electron chi connectivity index (χ2n) is 6.66. The van der Waals surface area contributed by atoms with Crippen LogP contribution >= 0.6 is 0 Å². The summed E-state index contributed by atoms with van der Waals surface area (Å²) in [6.07, 6.45) is 6.67. The first-order chi connectivity index (χ1) is 8.56. The van der Waals surface area contributed by atoms with E-state index in [4.69, 9.17) is 5.73 Å². The topological polar surface area (TPSA) is 46.3 Å². The lowest BCUT2D eigenvalue weighted by molar-refractivity contribution is -0.135. The molecular formula is C15H28N2O. The summed E-state index contributed by atoms with van der Waals surface area (Å²) < 4.78 is 0. The highest BCUT2D eigenvalue weighted by molar-refractivity contribution is 5.76. The van der Waals surface area contributed by atoms with Crippen molar-refractivity contribution in [3.05, 3.63) is 0 Å². The van der Waals surface area contributed by atoms with Crippen molar-refractivity contribution in [1.29, 1.82) is 0 Å². The molecule has 1 heterocycles. The molecule has 0 bridgehead atoms. The van der Waals surface area contributed by atoms with Gasteiger partial charge in [-0.1, -0.05) is 26.7 Å². The number of amides is 1. The SMILES string of the molecule is CC1CC(C)CN(C(=O)CC2CCCCC2N)C1. The van der Waals surface area contributed by atoms with Gasteiger partial charge in [-0.05, 0) is 37.0 Å². The molecule has 1 saturated carbocycles. The van der Waals surface area contributed by atoms with Gasteiger partial charge in [-0.3, -0.25) is 4.79 Å². The standard InChI is InChI=1S/C15H28N2O/c1-11-7-12(2)10-17(9-11)15(18)8-13-5-3-4-6-14(13)16/h11-14H,3-10,16H2,1-2H3. The average Bonchev–Trinajstić information content (AvgIpc) is 2.31. The summed E-state index contributed by atoms with van der Waals surface area (Å²) in [5, 5.41) is 0. The number of likely N-dealkylation sites (tertiary alicyclic amines) is 1. The Kier molecular flexibility index (Phi) is 4.66. The van der Waals surface area contributed by atoms with Crippen molar-refractivity contribution in [2.24, 2.45) is 23.5 Å². The molecule has 1 aliphatic heterocycles. The number of nitrogens with zero attached hydrogens (tertiary/aromatic N) is 1. The highest BCUT2D eigenvalue weighted by Crippen LogP contribution is 2.28. The van der Waals surface area contributed by atoms with E-state index in [2.05, 4.69) is 18.7 Å². The van der Waals surface area contributed by atoms with Crippen LogP contribution in [0.3, 0.4) is 0 Å². The first-order valence-corrected chi connectivity index (χ1v) is 7.59. The second-order valence-corrected chi connectivity index (χ2v) is 6.66. The Balaban J connectivity index is 1.86. The summed E-state index contributed by atoms with van der Waals surface area (Å²) in [6, 6.07) is 0.252. The fourth-order valence-electron chi connectivity index (χ4n) is 3.71. The van der Waals surface area contributed by atoms with Gasteiger partial charge in [0.15, 0.2) is 0 Å². The first-order valence-electron chi connectivity index (χ1n) is 7.59. The molecule has 0 radical (unpaired) electrons. The van der Waals surface area contributed by atoms with Crippen LogP contribution in [-0.2, 0) is 4.79 Å². The second kappa shape index (κ2) is 6.05. The predicted octanol–water partition coefficient (Wildman–Crippen LogP) is 2.40. The van der Waals surface area contributed by atoms with E-state index >= 15 is 0 Å². The van der Waals surface area contributed by atoms with E-state index < -0.39 is 0 Å². The van der Waals surface area contributed by atoms with Crippen LogP contribution in [0.4, 0.5) is 0 Å². The number of hydrogen-bond donors (Lipinski definition) is 1. The molecule has 1 amide bonds. The third-order valence-corrected chi connectivity index (χ3v) is 4.63. The molecule has 104 valence electrons. The lowest BCUT2D eigenvalue weighted by atomic mass is 9.82. The van der Waals surface area contributed by atoms with Gasteiger partial charge in [-0.2, -0.15) is 0 Å². The summed E-state index contributed by atoms with van der Waals surface area (Å²) in [5.74, 6) is 2.07. The summed E-state index contributed by atoms with van der Waals surface area (Å²) in [7, 11) is 0. The van der Waals surface area contributed by atoms with Crippen molar-refractivity contribution in [1.82, 2.24) is 4.90 Å². The van der Waals surface area contributed by atoms with E-state index in [0.29, 0.717) is 30.1 Å². The Morgan fingerprint density at radius 3 is 2.39 bits per heavy atom. The average molecular weight is 252 g/mol. The van der Waals surface area contributed by atoms with Gasteiger partial charge in [-0.25, -0.2) is 0 Å². The van der Waals surface area contributed by atoms with Crippen LogP contribution in [0, 0.1) is 17.8 Å². The summed E-state index contributed by atoms with van der Waals surface area (Å²) >= 11 is 0. The molecule has 2 rings (SSSR count). The van der Waals surface area contributed by atoms with Crippen molar-refractivity contribution < 1.29 is 4.79 Å². The van der Waals surface area contributed by atoms with Gasteiger partial charge in [0.2, 0.25) is 5.91 Å². The molecule has 0 spiro atoms. The van der Waals surface area contributed by atoms with Crippen LogP contribution in [0.5, 0.6) is 0 Å². The largest absolute Gasteiger partial charge is 0.342 e. The van der Waals surface area contributed by atoms with Crippen LogP contribution in [0.1, 0.15) is 52.4 Å². The zero-order valence-electron chi connectivity index (χ0n) is 11.9. The van der Waals surface area contributed by atoms with Crippen molar-refractivity contribution >= 4 is 5.91 Å². The minimum atomic E-state index is 0.252. The maximum atomic E-state index is 12.4. The van der Waals surface area contributed by atoms with Gasteiger partial charge >= 0.3 is 0 Å². The molecule has 0 aromatic rings. The number of carbonyl (C=O) groups excluding carboxylic acids is 1. The molecule has 0 aromatic carbocycles. The summed E-state index contributed by atoms with van der Waals surface area (Å²) in [4.78, 5) is 14.5. The van der Waals surface area contributed by atoms with Crippen molar-refractivity contribution in [3.63, 3.8) is 0 Å². The van der Waals surface area contributed by atoms with Gasteiger partial charge < -0.3 is 10.6 Å². The van der Waals surface area contributed by atoms with Crippen LogP contribution in [-0.4, -0.2) is 29.9 Å². The monoisotopic (exact) mass is 252 g/mol. The fraction of sp³-hybridized carbons (Fsp3) is 0.933. The van der Waals surface area contributed by atoms with E-state index in [9.17, 15) is 4.79 Å². The highest BCUT2D eigenvalue weighted by atomic mass is 16.2. The zero-order chi connectivity index (χ0) is 13.1. The Bertz CT molecular complexity index is 282. The Morgan fingerprint density at radius 2 is 1.78 bits per heavy atom. The van der Waals surface area contributed by atoms with E-state index in [-0.39, 0.29) is 6.04 Å². The van der Waals surface area contributed by atoms with Crippen molar-refractivity contribution in [2.75, 3.05) is 13.1 Å². The van der Waals surface area contributed by atoms with Crippen molar-refractivity contribution in [2.45, 2.75) is 58.4 Å². The Hall–Kier alpha value is -0.570. The Labute approximate surface area is 111 Å². The smallest absolute Gasteiger partial charge is 0.222 e. The number of nitrogens with two attached hydrogens (primary N) is 1. The molecular weight excluding hydrogens is 224 g/mol. The summed E-state index contributed by atoms with van der Waals surface area (Å²) in [5.41, 5.74) is 6.14.